The topological polar surface area (TPSA) is 75.0 Å². The molecule has 180 valence electrons. The van der Waals surface area contributed by atoms with Crippen molar-refractivity contribution in [1.82, 2.24) is 4.98 Å². The molecule has 0 fully saturated rings. The van der Waals surface area contributed by atoms with Crippen molar-refractivity contribution in [3.05, 3.63) is 94.5 Å². The first kappa shape index (κ1) is 25.6. The third-order valence-corrected chi connectivity index (χ3v) is 6.88. The fourth-order valence-electron chi connectivity index (χ4n) is 3.54. The number of nitrogens with one attached hydrogen (secondary N) is 1. The molecule has 0 saturated heterocycles. The van der Waals surface area contributed by atoms with Gasteiger partial charge in [-0.15, -0.1) is 11.8 Å². The third-order valence-electron chi connectivity index (χ3n) is 5.34. The lowest BCUT2D eigenvalue weighted by Gasteiger charge is -2.13. The summed E-state index contributed by atoms with van der Waals surface area (Å²) in [7, 11) is 1.61. The number of anilines is 1. The summed E-state index contributed by atoms with van der Waals surface area (Å²) in [5.41, 5.74) is 4.25. The van der Waals surface area contributed by atoms with Crippen LogP contribution in [0.2, 0.25) is 10.0 Å². The maximum atomic E-state index is 12.5. The van der Waals surface area contributed by atoms with Crippen LogP contribution in [0.15, 0.2) is 83.9 Å². The van der Waals surface area contributed by atoms with Crippen molar-refractivity contribution in [2.45, 2.75) is 11.4 Å². The van der Waals surface area contributed by atoms with E-state index in [1.807, 2.05) is 60.7 Å². The number of nitrogens with zero attached hydrogens (tertiary/aromatic N) is 2. The number of pyridine rings is 1. The zero-order valence-corrected chi connectivity index (χ0v) is 21.6. The molecule has 0 aliphatic carbocycles. The lowest BCUT2D eigenvalue weighted by molar-refractivity contribution is -0.115. The molecule has 0 aliphatic heterocycles. The second-order valence-electron chi connectivity index (χ2n) is 7.71. The summed E-state index contributed by atoms with van der Waals surface area (Å²) >= 11 is 13.5. The predicted octanol–water partition coefficient (Wildman–Crippen LogP) is 7.72. The molecule has 1 N–H and O–H groups in total. The van der Waals surface area contributed by atoms with Gasteiger partial charge in [0.05, 0.1) is 29.1 Å². The van der Waals surface area contributed by atoms with E-state index >= 15 is 0 Å². The first-order chi connectivity index (χ1) is 17.5. The van der Waals surface area contributed by atoms with Crippen LogP contribution in [0.25, 0.3) is 22.4 Å². The van der Waals surface area contributed by atoms with E-state index in [1.54, 1.807) is 25.3 Å². The van der Waals surface area contributed by atoms with E-state index in [-0.39, 0.29) is 12.3 Å². The summed E-state index contributed by atoms with van der Waals surface area (Å²) in [6, 6.07) is 26.5. The minimum atomic E-state index is -0.209. The van der Waals surface area contributed by atoms with Crippen LogP contribution in [-0.4, -0.2) is 23.8 Å². The Kier molecular flexibility index (Phi) is 8.50. The molecule has 1 aromatic heterocycles. The summed E-state index contributed by atoms with van der Waals surface area (Å²) in [4.78, 5) is 17.3. The number of halogens is 2. The SMILES string of the molecule is COc1ccc(-c2cc(-c3ccccc3)nc(SCCC(=O)Nc3cc(Cl)ccc3Cl)c2C#N)cc1. The molecule has 0 radical (unpaired) electrons. The number of carbonyl (C=O) groups excluding carboxylic acids is 1. The third kappa shape index (κ3) is 6.19. The molecular weight excluding hydrogens is 513 g/mol. The Morgan fingerprint density at radius 1 is 1.03 bits per heavy atom. The highest BCUT2D eigenvalue weighted by Crippen LogP contribution is 2.35. The average molecular weight is 534 g/mol. The number of aromatic nitrogens is 1. The number of amides is 1. The lowest BCUT2D eigenvalue weighted by atomic mass is 9.99. The van der Waals surface area contributed by atoms with Crippen molar-refractivity contribution >= 4 is 46.6 Å². The van der Waals surface area contributed by atoms with E-state index in [0.29, 0.717) is 32.1 Å². The number of carbonyl (C=O) groups is 1. The Hall–Kier alpha value is -3.50. The number of nitriles is 1. The van der Waals surface area contributed by atoms with Crippen LogP contribution in [0.3, 0.4) is 0 Å². The maximum Gasteiger partial charge on any atom is 0.225 e. The minimum Gasteiger partial charge on any atom is -0.497 e. The average Bonchev–Trinajstić information content (AvgIpc) is 2.91. The van der Waals surface area contributed by atoms with Crippen LogP contribution in [0, 0.1) is 11.3 Å². The van der Waals surface area contributed by atoms with Gasteiger partial charge in [-0.05, 0) is 42.0 Å². The van der Waals surface area contributed by atoms with Crippen molar-refractivity contribution in [3.8, 4) is 34.2 Å². The minimum absolute atomic E-state index is 0.202. The van der Waals surface area contributed by atoms with E-state index in [2.05, 4.69) is 11.4 Å². The van der Waals surface area contributed by atoms with E-state index in [4.69, 9.17) is 32.9 Å². The van der Waals surface area contributed by atoms with Gasteiger partial charge in [0, 0.05) is 28.3 Å². The van der Waals surface area contributed by atoms with Crippen molar-refractivity contribution in [3.63, 3.8) is 0 Å². The zero-order chi connectivity index (χ0) is 25.5. The van der Waals surface area contributed by atoms with Gasteiger partial charge < -0.3 is 10.1 Å². The van der Waals surface area contributed by atoms with Crippen molar-refractivity contribution < 1.29 is 9.53 Å². The molecule has 0 saturated carbocycles. The number of rotatable bonds is 8. The van der Waals surface area contributed by atoms with Gasteiger partial charge in [-0.25, -0.2) is 4.98 Å². The fourth-order valence-corrected chi connectivity index (χ4v) is 4.82. The monoisotopic (exact) mass is 533 g/mol. The standard InChI is InChI=1S/C28H21Cl2N3O2S/c1-35-21-10-7-18(8-11-21)22-16-25(19-5-3-2-4-6-19)33-28(23(22)17-31)36-14-13-27(34)32-26-15-20(29)9-12-24(26)30/h2-12,15-16H,13-14H2,1H3,(H,32,34). The first-order valence-corrected chi connectivity index (χ1v) is 12.8. The number of hydrogen-bond donors (Lipinski definition) is 1. The Morgan fingerprint density at radius 3 is 2.47 bits per heavy atom. The Labute approximate surface area is 224 Å². The number of methoxy groups -OCH3 is 1. The number of benzene rings is 3. The normalized spacial score (nSPS) is 10.5. The van der Waals surface area contributed by atoms with Crippen molar-refractivity contribution in [2.24, 2.45) is 0 Å². The van der Waals surface area contributed by atoms with Gasteiger partial charge >= 0.3 is 0 Å². The van der Waals surface area contributed by atoms with Crippen LogP contribution in [0.4, 0.5) is 5.69 Å². The molecule has 1 heterocycles. The quantitative estimate of drug-likeness (QED) is 0.234. The molecule has 8 heteroatoms. The summed E-state index contributed by atoms with van der Waals surface area (Å²) in [5.74, 6) is 0.946. The predicted molar refractivity (Wildman–Crippen MR) is 147 cm³/mol. The van der Waals surface area contributed by atoms with E-state index in [1.165, 1.54) is 11.8 Å². The summed E-state index contributed by atoms with van der Waals surface area (Å²) in [6.07, 6.45) is 0.202. The number of hydrogen-bond acceptors (Lipinski definition) is 5. The van der Waals surface area contributed by atoms with Crippen LogP contribution < -0.4 is 10.1 Å². The summed E-state index contributed by atoms with van der Waals surface area (Å²) < 4.78 is 5.28. The maximum absolute atomic E-state index is 12.5. The smallest absolute Gasteiger partial charge is 0.225 e. The van der Waals surface area contributed by atoms with Crippen LogP contribution in [0.5, 0.6) is 5.75 Å². The van der Waals surface area contributed by atoms with Gasteiger partial charge in [0.25, 0.3) is 0 Å². The Bertz CT molecular complexity index is 1420. The van der Waals surface area contributed by atoms with Crippen LogP contribution >= 0.6 is 35.0 Å². The number of ether oxygens (including phenoxy) is 1. The van der Waals surface area contributed by atoms with Crippen molar-refractivity contribution in [1.29, 1.82) is 5.26 Å². The molecule has 4 aromatic rings. The van der Waals surface area contributed by atoms with Crippen LogP contribution in [-0.2, 0) is 4.79 Å². The highest BCUT2D eigenvalue weighted by Gasteiger charge is 2.17. The highest BCUT2D eigenvalue weighted by atomic mass is 35.5. The molecule has 36 heavy (non-hydrogen) atoms. The molecule has 0 spiro atoms. The van der Waals surface area contributed by atoms with Gasteiger partial charge in [-0.3, -0.25) is 4.79 Å². The Morgan fingerprint density at radius 2 is 1.78 bits per heavy atom. The molecule has 3 aromatic carbocycles. The van der Waals surface area contributed by atoms with Crippen LogP contribution in [0.1, 0.15) is 12.0 Å². The zero-order valence-electron chi connectivity index (χ0n) is 19.3. The summed E-state index contributed by atoms with van der Waals surface area (Å²) in [5, 5.41) is 14.3. The van der Waals surface area contributed by atoms with Gasteiger partial charge in [0.2, 0.25) is 5.91 Å². The van der Waals surface area contributed by atoms with E-state index in [0.717, 1.165) is 28.1 Å². The largest absolute Gasteiger partial charge is 0.497 e. The Balaban J connectivity index is 1.60. The molecule has 4 rings (SSSR count). The van der Waals surface area contributed by atoms with Gasteiger partial charge in [-0.2, -0.15) is 5.26 Å². The molecule has 0 atom stereocenters. The second kappa shape index (κ2) is 12.0. The second-order valence-corrected chi connectivity index (χ2v) is 9.64. The highest BCUT2D eigenvalue weighted by molar-refractivity contribution is 7.99. The molecular formula is C28H21Cl2N3O2S. The van der Waals surface area contributed by atoms with E-state index in [9.17, 15) is 10.1 Å². The summed E-state index contributed by atoms with van der Waals surface area (Å²) in [6.45, 7) is 0. The van der Waals surface area contributed by atoms with Gasteiger partial charge in [0.1, 0.15) is 16.8 Å². The molecule has 0 aliphatic rings. The van der Waals surface area contributed by atoms with Gasteiger partial charge in [-0.1, -0.05) is 65.7 Å². The van der Waals surface area contributed by atoms with Crippen molar-refractivity contribution in [2.75, 3.05) is 18.2 Å². The number of thioether (sulfide) groups is 1. The van der Waals surface area contributed by atoms with Gasteiger partial charge in [0.15, 0.2) is 0 Å². The molecule has 5 nitrogen and oxygen atoms in total. The first-order valence-electron chi connectivity index (χ1n) is 11.0. The molecule has 0 bridgehead atoms. The van der Waals surface area contributed by atoms with E-state index < -0.39 is 0 Å². The molecule has 0 unspecified atom stereocenters. The fraction of sp³-hybridized carbons (Fsp3) is 0.107. The lowest BCUT2D eigenvalue weighted by Crippen LogP contribution is -2.12. The molecule has 1 amide bonds.